The highest BCUT2D eigenvalue weighted by molar-refractivity contribution is 8.06. The third-order valence-corrected chi connectivity index (χ3v) is 5.25. The van der Waals surface area contributed by atoms with Gasteiger partial charge in [-0.3, -0.25) is 4.57 Å². The van der Waals surface area contributed by atoms with Gasteiger partial charge in [0.1, 0.15) is 23.8 Å². The molecule has 144 valence electrons. The molecule has 4 atom stereocenters. The molecule has 2 aromatic rings. The van der Waals surface area contributed by atoms with E-state index in [-0.39, 0.29) is 12.4 Å². The molecule has 11 nitrogen and oxygen atoms in total. The molecule has 1 fully saturated rings. The highest BCUT2D eigenvalue weighted by atomic mass is 32.5. The van der Waals surface area contributed by atoms with Gasteiger partial charge in [0, 0.05) is 0 Å². The van der Waals surface area contributed by atoms with Crippen LogP contribution >= 0.6 is 18.5 Å². The Kier molecular flexibility index (Phi) is 5.82. The molecule has 0 aliphatic carbocycles. The number of fused-ring (bicyclic) bond motifs is 1. The fourth-order valence-electron chi connectivity index (χ4n) is 2.56. The summed E-state index contributed by atoms with van der Waals surface area (Å²) in [4.78, 5) is 31.0. The van der Waals surface area contributed by atoms with Crippen molar-refractivity contribution in [2.75, 3.05) is 18.1 Å². The number of nitrogen functional groups attached to an aromatic ring is 1. The normalized spacial score (nSPS) is 26.7. The van der Waals surface area contributed by atoms with Gasteiger partial charge in [0.05, 0.1) is 12.9 Å². The summed E-state index contributed by atoms with van der Waals surface area (Å²) in [7, 11) is 0. The zero-order valence-electron chi connectivity index (χ0n) is 13.5. The van der Waals surface area contributed by atoms with Crippen LogP contribution in [0.2, 0.25) is 0 Å². The van der Waals surface area contributed by atoms with Crippen LogP contribution in [0.3, 0.4) is 0 Å². The molecule has 1 aliphatic heterocycles. The molecule has 0 spiro atoms. The number of anilines is 1. The van der Waals surface area contributed by atoms with Gasteiger partial charge in [-0.2, -0.15) is 0 Å². The van der Waals surface area contributed by atoms with E-state index in [0.717, 1.165) is 5.75 Å². The van der Waals surface area contributed by atoms with E-state index in [2.05, 4.69) is 26.8 Å². The Morgan fingerprint density at radius 1 is 1.38 bits per heavy atom. The predicted molar refractivity (Wildman–Crippen MR) is 96.7 cm³/mol. The Bertz CT molecular complexity index is 847. The van der Waals surface area contributed by atoms with Crippen molar-refractivity contribution >= 4 is 47.3 Å². The van der Waals surface area contributed by atoms with Crippen LogP contribution in [0, 0.1) is 0 Å². The lowest BCUT2D eigenvalue weighted by Crippen LogP contribution is -2.33. The van der Waals surface area contributed by atoms with Crippen molar-refractivity contribution in [3.05, 3.63) is 6.33 Å². The maximum Gasteiger partial charge on any atom is 0.321 e. The first-order valence-electron chi connectivity index (χ1n) is 7.55. The average molecular weight is 423 g/mol. The maximum absolute atomic E-state index is 10.3. The van der Waals surface area contributed by atoms with E-state index in [1.165, 1.54) is 22.7 Å². The van der Waals surface area contributed by atoms with Crippen molar-refractivity contribution < 1.29 is 29.3 Å². The van der Waals surface area contributed by atoms with E-state index in [1.807, 2.05) is 6.92 Å². The minimum Gasteiger partial charge on any atom is -0.387 e. The summed E-state index contributed by atoms with van der Waals surface area (Å²) in [5.74, 6) is 0.937. The molecule has 0 saturated carbocycles. The number of nitrogens with zero attached hydrogens (tertiary/aromatic N) is 4. The van der Waals surface area contributed by atoms with E-state index in [1.54, 1.807) is 0 Å². The highest BCUT2D eigenvalue weighted by Crippen LogP contribution is 2.39. The van der Waals surface area contributed by atoms with Crippen LogP contribution in [0.15, 0.2) is 11.5 Å². The smallest absolute Gasteiger partial charge is 0.321 e. The molecule has 0 radical (unpaired) electrons. The number of aliphatic hydroxyl groups excluding tert-OH is 2. The van der Waals surface area contributed by atoms with Crippen LogP contribution in [-0.2, 0) is 21.1 Å². The monoisotopic (exact) mass is 423 g/mol. The van der Waals surface area contributed by atoms with Gasteiger partial charge < -0.3 is 35.0 Å². The van der Waals surface area contributed by atoms with Crippen molar-refractivity contribution in [2.45, 2.75) is 36.6 Å². The molecule has 1 saturated heterocycles. The lowest BCUT2D eigenvalue weighted by molar-refractivity contribution is -0.0487. The summed E-state index contributed by atoms with van der Waals surface area (Å²) in [5.41, 5.74) is 6.60. The summed E-state index contributed by atoms with van der Waals surface area (Å²) in [6.45, 7) is -2.35. The van der Waals surface area contributed by atoms with E-state index >= 15 is 0 Å². The predicted octanol–water partition coefficient (Wildman–Crippen LogP) is -0.635. The summed E-state index contributed by atoms with van der Waals surface area (Å²) in [5, 5.41) is 20.9. The fourth-order valence-corrected chi connectivity index (χ4v) is 3.66. The zero-order chi connectivity index (χ0) is 19.1. The SMILES string of the molecule is CCSc1nc(N)c2ncn([C@@H]3O[C@H](COP(O)(O)=S)[C@@H](O)[C@H]3O)c2n1. The average Bonchev–Trinajstić information content (AvgIpc) is 3.08. The number of ether oxygens (including phenoxy) is 1. The van der Waals surface area contributed by atoms with E-state index < -0.39 is 31.3 Å². The maximum atomic E-state index is 10.3. The van der Waals surface area contributed by atoms with Gasteiger partial charge in [0.15, 0.2) is 22.8 Å². The largest absolute Gasteiger partial charge is 0.387 e. The Morgan fingerprint density at radius 3 is 2.77 bits per heavy atom. The number of aromatic nitrogens is 4. The van der Waals surface area contributed by atoms with Crippen LogP contribution in [0.1, 0.15) is 13.2 Å². The van der Waals surface area contributed by atoms with Crippen LogP contribution in [0.25, 0.3) is 11.2 Å². The summed E-state index contributed by atoms with van der Waals surface area (Å²) >= 11 is 5.76. The third kappa shape index (κ3) is 4.01. The second-order valence-corrected chi connectivity index (χ2v) is 9.38. The quantitative estimate of drug-likeness (QED) is 0.227. The Balaban J connectivity index is 1.90. The first-order chi connectivity index (χ1) is 12.2. The van der Waals surface area contributed by atoms with Gasteiger partial charge in [-0.25, -0.2) is 15.0 Å². The zero-order valence-corrected chi connectivity index (χ0v) is 16.1. The standard InChI is InChI=1S/C12H18N5O6PS2/c1-2-26-12-15-9(13)6-10(16-12)17(4-14-6)11-8(19)7(18)5(23-11)3-22-24(20,21)25/h4-5,7-8,11,18-19H,2-3H2,1H3,(H2,13,15,16)(H2,20,21,25)/t5-,7-,8-,11-/m1/s1. The molecule has 6 N–H and O–H groups in total. The van der Waals surface area contributed by atoms with Crippen molar-refractivity contribution in [2.24, 2.45) is 0 Å². The molecule has 1 aliphatic rings. The minimum atomic E-state index is -3.90. The summed E-state index contributed by atoms with van der Waals surface area (Å²) in [6.07, 6.45) is -3.31. The number of hydrogen-bond acceptors (Lipinski definition) is 10. The topological polar surface area (TPSA) is 169 Å². The van der Waals surface area contributed by atoms with Crippen molar-refractivity contribution in [3.8, 4) is 0 Å². The molecule has 26 heavy (non-hydrogen) atoms. The third-order valence-electron chi connectivity index (χ3n) is 3.72. The molecule has 14 heteroatoms. The van der Waals surface area contributed by atoms with Gasteiger partial charge in [-0.05, 0) is 17.6 Å². The minimum absolute atomic E-state index is 0.193. The number of hydrogen-bond donors (Lipinski definition) is 5. The lowest BCUT2D eigenvalue weighted by Gasteiger charge is -2.17. The Morgan fingerprint density at radius 2 is 2.12 bits per heavy atom. The summed E-state index contributed by atoms with van der Waals surface area (Å²) in [6, 6.07) is 0. The molecular formula is C12H18N5O6PS2. The van der Waals surface area contributed by atoms with Gasteiger partial charge in [-0.1, -0.05) is 18.7 Å². The van der Waals surface area contributed by atoms with Crippen molar-refractivity contribution in [3.63, 3.8) is 0 Å². The van der Waals surface area contributed by atoms with Crippen LogP contribution < -0.4 is 5.73 Å². The molecule has 3 heterocycles. The number of thioether (sulfide) groups is 1. The number of aliphatic hydroxyl groups is 2. The molecular weight excluding hydrogens is 405 g/mol. The first kappa shape index (κ1) is 19.9. The van der Waals surface area contributed by atoms with Crippen molar-refractivity contribution in [1.29, 1.82) is 0 Å². The first-order valence-corrected chi connectivity index (χ1v) is 11.2. The molecule has 2 aromatic heterocycles. The molecule has 0 aromatic carbocycles. The van der Waals surface area contributed by atoms with Crippen LogP contribution in [0.5, 0.6) is 0 Å². The van der Waals surface area contributed by atoms with Gasteiger partial charge >= 0.3 is 6.72 Å². The van der Waals surface area contributed by atoms with Crippen LogP contribution in [0.4, 0.5) is 5.82 Å². The van der Waals surface area contributed by atoms with Gasteiger partial charge in [0.2, 0.25) is 0 Å². The van der Waals surface area contributed by atoms with Gasteiger partial charge in [0.25, 0.3) is 0 Å². The molecule has 3 rings (SSSR count). The molecule has 0 bridgehead atoms. The molecule has 0 amide bonds. The molecule has 0 unspecified atom stereocenters. The van der Waals surface area contributed by atoms with E-state index in [9.17, 15) is 10.2 Å². The highest BCUT2D eigenvalue weighted by Gasteiger charge is 2.45. The van der Waals surface area contributed by atoms with Crippen LogP contribution in [-0.4, -0.2) is 70.2 Å². The second kappa shape index (κ2) is 7.62. The van der Waals surface area contributed by atoms with E-state index in [0.29, 0.717) is 16.3 Å². The summed E-state index contributed by atoms with van der Waals surface area (Å²) < 4.78 is 11.8. The fraction of sp³-hybridized carbons (Fsp3) is 0.583. The number of rotatable bonds is 6. The lowest BCUT2D eigenvalue weighted by atomic mass is 10.1. The Labute approximate surface area is 157 Å². The number of imidazole rings is 1. The van der Waals surface area contributed by atoms with Gasteiger partial charge in [-0.15, -0.1) is 0 Å². The number of nitrogens with two attached hydrogens (primary N) is 1. The second-order valence-electron chi connectivity index (χ2n) is 5.48. The van der Waals surface area contributed by atoms with E-state index in [4.69, 9.17) is 24.8 Å². The van der Waals surface area contributed by atoms with Crippen molar-refractivity contribution in [1.82, 2.24) is 19.5 Å². The Hall–Kier alpha value is -0.890.